The van der Waals surface area contributed by atoms with Crippen molar-refractivity contribution in [2.45, 2.75) is 48.2 Å². The Bertz CT molecular complexity index is 1340. The van der Waals surface area contributed by atoms with Gasteiger partial charge in [-0.1, -0.05) is 55.1 Å². The first-order chi connectivity index (χ1) is 17.0. The molecule has 35 heavy (non-hydrogen) atoms. The fourth-order valence-electron chi connectivity index (χ4n) is 3.46. The zero-order valence-corrected chi connectivity index (χ0v) is 21.3. The highest BCUT2D eigenvalue weighted by molar-refractivity contribution is 8.00. The van der Waals surface area contributed by atoms with Crippen LogP contribution in [0.5, 0.6) is 0 Å². The monoisotopic (exact) mass is 503 g/mol. The molecule has 2 heterocycles. The van der Waals surface area contributed by atoms with Gasteiger partial charge in [-0.05, 0) is 44.5 Å². The summed E-state index contributed by atoms with van der Waals surface area (Å²) >= 11 is 3.03. The number of amides is 1. The van der Waals surface area contributed by atoms with Crippen LogP contribution in [-0.2, 0) is 10.5 Å². The molecule has 4 aromatic rings. The first-order valence-corrected chi connectivity index (χ1v) is 13.0. The van der Waals surface area contributed by atoms with E-state index in [9.17, 15) is 10.1 Å². The standard InChI is InChI=1S/C26H25N5O2S2/c1-4-22(24(32)28-25-21(15-27)17(2)18(3)33-25)35-26-30-29-23(16-34-20-13-9-6-10-14-20)31(26)19-11-7-5-8-12-19/h5-14,22H,4,16H2,1-3H3,(H,28,32). The topological polar surface area (TPSA) is 96.7 Å². The number of thioether (sulfide) groups is 2. The Balaban J connectivity index is 1.58. The van der Waals surface area contributed by atoms with Crippen molar-refractivity contribution in [3.05, 3.63) is 83.4 Å². The van der Waals surface area contributed by atoms with E-state index < -0.39 is 5.25 Å². The van der Waals surface area contributed by atoms with Gasteiger partial charge in [0.15, 0.2) is 5.16 Å². The molecule has 2 aromatic heterocycles. The van der Waals surface area contributed by atoms with Gasteiger partial charge in [0.1, 0.15) is 23.2 Å². The van der Waals surface area contributed by atoms with Gasteiger partial charge in [0.05, 0.1) is 11.0 Å². The van der Waals surface area contributed by atoms with E-state index in [0.29, 0.717) is 28.7 Å². The first kappa shape index (κ1) is 24.6. The zero-order valence-electron chi connectivity index (χ0n) is 19.7. The van der Waals surface area contributed by atoms with Crippen LogP contribution in [0.3, 0.4) is 0 Å². The maximum absolute atomic E-state index is 13.1. The van der Waals surface area contributed by atoms with E-state index in [1.54, 1.807) is 25.6 Å². The van der Waals surface area contributed by atoms with E-state index in [0.717, 1.165) is 22.0 Å². The average Bonchev–Trinajstić information content (AvgIpc) is 3.41. The van der Waals surface area contributed by atoms with Gasteiger partial charge in [-0.15, -0.1) is 22.0 Å². The highest BCUT2D eigenvalue weighted by Crippen LogP contribution is 2.32. The number of aryl methyl sites for hydroxylation is 1. The summed E-state index contributed by atoms with van der Waals surface area (Å²) in [6.45, 7) is 5.52. The molecule has 0 spiro atoms. The summed E-state index contributed by atoms with van der Waals surface area (Å²) in [6, 6.07) is 22.1. The molecule has 1 amide bonds. The molecular formula is C26H25N5O2S2. The van der Waals surface area contributed by atoms with E-state index >= 15 is 0 Å². The predicted molar refractivity (Wildman–Crippen MR) is 139 cm³/mol. The van der Waals surface area contributed by atoms with Crippen molar-refractivity contribution in [1.82, 2.24) is 14.8 Å². The van der Waals surface area contributed by atoms with Gasteiger partial charge in [-0.25, -0.2) is 0 Å². The van der Waals surface area contributed by atoms with Crippen LogP contribution in [0.1, 0.15) is 36.1 Å². The quantitative estimate of drug-likeness (QED) is 0.274. The van der Waals surface area contributed by atoms with Crippen molar-refractivity contribution in [2.24, 2.45) is 0 Å². The number of hydrogen-bond acceptors (Lipinski definition) is 7. The van der Waals surface area contributed by atoms with Gasteiger partial charge in [0.25, 0.3) is 0 Å². The summed E-state index contributed by atoms with van der Waals surface area (Å²) in [5, 5.41) is 21.3. The molecule has 0 aliphatic carbocycles. The van der Waals surface area contributed by atoms with Crippen molar-refractivity contribution in [3.8, 4) is 11.8 Å². The van der Waals surface area contributed by atoms with Gasteiger partial charge in [0.2, 0.25) is 11.8 Å². The van der Waals surface area contributed by atoms with Crippen LogP contribution in [0, 0.1) is 25.2 Å². The van der Waals surface area contributed by atoms with E-state index in [4.69, 9.17) is 4.42 Å². The largest absolute Gasteiger partial charge is 0.444 e. The second-order valence-electron chi connectivity index (χ2n) is 7.77. The summed E-state index contributed by atoms with van der Waals surface area (Å²) in [5.74, 6) is 1.99. The summed E-state index contributed by atoms with van der Waals surface area (Å²) < 4.78 is 7.62. The minimum absolute atomic E-state index is 0.191. The number of carbonyl (C=O) groups excluding carboxylic acids is 1. The van der Waals surface area contributed by atoms with Gasteiger partial charge >= 0.3 is 0 Å². The van der Waals surface area contributed by atoms with Crippen molar-refractivity contribution >= 4 is 35.3 Å². The third kappa shape index (κ3) is 5.61. The molecule has 0 aliphatic rings. The van der Waals surface area contributed by atoms with Crippen LogP contribution in [0.4, 0.5) is 5.88 Å². The summed E-state index contributed by atoms with van der Waals surface area (Å²) in [6.07, 6.45) is 0.562. The Labute approximate surface area is 212 Å². The molecule has 2 aromatic carbocycles. The smallest absolute Gasteiger partial charge is 0.240 e. The number of nitriles is 1. The van der Waals surface area contributed by atoms with E-state index in [1.807, 2.05) is 60.0 Å². The van der Waals surface area contributed by atoms with Crippen LogP contribution >= 0.6 is 23.5 Å². The van der Waals surface area contributed by atoms with Gasteiger partial charge in [0, 0.05) is 16.1 Å². The number of nitrogens with zero attached hydrogens (tertiary/aromatic N) is 4. The molecule has 0 saturated heterocycles. The molecule has 7 nitrogen and oxygen atoms in total. The third-order valence-electron chi connectivity index (χ3n) is 5.47. The highest BCUT2D eigenvalue weighted by atomic mass is 32.2. The normalized spacial score (nSPS) is 11.7. The minimum atomic E-state index is -0.450. The highest BCUT2D eigenvalue weighted by Gasteiger charge is 2.26. The number of aromatic nitrogens is 3. The van der Waals surface area contributed by atoms with Gasteiger partial charge in [-0.2, -0.15) is 5.26 Å². The second kappa shape index (κ2) is 11.3. The summed E-state index contributed by atoms with van der Waals surface area (Å²) in [5.41, 5.74) is 2.01. The Hall–Kier alpha value is -3.48. The fourth-order valence-corrected chi connectivity index (χ4v) is 5.29. The summed E-state index contributed by atoms with van der Waals surface area (Å²) in [4.78, 5) is 14.3. The van der Waals surface area contributed by atoms with Crippen molar-refractivity contribution in [2.75, 3.05) is 5.32 Å². The Morgan fingerprint density at radius 1 is 1.11 bits per heavy atom. The average molecular weight is 504 g/mol. The van der Waals surface area contributed by atoms with Gasteiger partial charge < -0.3 is 4.42 Å². The number of rotatable bonds is 9. The van der Waals surface area contributed by atoms with E-state index in [1.165, 1.54) is 11.8 Å². The van der Waals surface area contributed by atoms with Crippen molar-refractivity contribution < 1.29 is 9.21 Å². The number of para-hydroxylation sites is 1. The minimum Gasteiger partial charge on any atom is -0.444 e. The summed E-state index contributed by atoms with van der Waals surface area (Å²) in [7, 11) is 0. The number of anilines is 1. The molecule has 0 saturated carbocycles. The maximum Gasteiger partial charge on any atom is 0.240 e. The Morgan fingerprint density at radius 3 is 2.46 bits per heavy atom. The molecule has 1 atom stereocenters. The molecule has 0 aliphatic heterocycles. The Morgan fingerprint density at radius 2 is 1.80 bits per heavy atom. The molecule has 0 radical (unpaired) electrons. The number of furan rings is 1. The second-order valence-corrected chi connectivity index (χ2v) is 9.99. The fraction of sp³-hybridized carbons (Fsp3) is 0.231. The number of nitrogens with one attached hydrogen (secondary N) is 1. The number of carbonyl (C=O) groups is 1. The molecule has 0 bridgehead atoms. The van der Waals surface area contributed by atoms with Crippen LogP contribution in [0.25, 0.3) is 5.69 Å². The molecular weight excluding hydrogens is 478 g/mol. The lowest BCUT2D eigenvalue weighted by atomic mass is 10.2. The third-order valence-corrected chi connectivity index (χ3v) is 7.79. The van der Waals surface area contributed by atoms with Gasteiger partial charge in [-0.3, -0.25) is 14.7 Å². The van der Waals surface area contributed by atoms with E-state index in [2.05, 4.69) is 33.7 Å². The SMILES string of the molecule is CCC(Sc1nnc(CSc2ccccc2)n1-c1ccccc1)C(=O)Nc1oc(C)c(C)c1C#N. The van der Waals surface area contributed by atoms with E-state index in [-0.39, 0.29) is 11.8 Å². The predicted octanol–water partition coefficient (Wildman–Crippen LogP) is 6.15. The molecule has 1 unspecified atom stereocenters. The van der Waals surface area contributed by atoms with Crippen molar-refractivity contribution in [1.29, 1.82) is 5.26 Å². The molecule has 0 fully saturated rings. The zero-order chi connectivity index (χ0) is 24.8. The van der Waals surface area contributed by atoms with Crippen molar-refractivity contribution in [3.63, 3.8) is 0 Å². The number of hydrogen-bond donors (Lipinski definition) is 1. The first-order valence-electron chi connectivity index (χ1n) is 11.2. The lowest BCUT2D eigenvalue weighted by Gasteiger charge is -2.15. The molecule has 178 valence electrons. The Kier molecular flexibility index (Phi) is 7.95. The van der Waals surface area contributed by atoms with Crippen LogP contribution in [0.2, 0.25) is 0 Å². The molecule has 1 N–H and O–H groups in total. The van der Waals surface area contributed by atoms with Crippen LogP contribution in [0.15, 0.2) is 75.1 Å². The molecule has 4 rings (SSSR count). The van der Waals surface area contributed by atoms with Crippen LogP contribution in [-0.4, -0.2) is 25.9 Å². The molecule has 9 heteroatoms. The maximum atomic E-state index is 13.1. The lowest BCUT2D eigenvalue weighted by molar-refractivity contribution is -0.115. The lowest BCUT2D eigenvalue weighted by Crippen LogP contribution is -2.25. The number of benzene rings is 2. The van der Waals surface area contributed by atoms with Crippen LogP contribution < -0.4 is 5.32 Å².